The summed E-state index contributed by atoms with van der Waals surface area (Å²) in [4.78, 5) is 33.1. The predicted octanol–water partition coefficient (Wildman–Crippen LogP) is 3.29. The smallest absolute Gasteiger partial charge is 0.254 e. The number of aromatic nitrogens is 1. The number of ether oxygens (including phenoxy) is 1. The summed E-state index contributed by atoms with van der Waals surface area (Å²) in [6.07, 6.45) is 8.31. The minimum absolute atomic E-state index is 0.0164. The first-order chi connectivity index (χ1) is 14.7. The monoisotopic (exact) mass is 407 g/mol. The van der Waals surface area contributed by atoms with Crippen LogP contribution in [0.2, 0.25) is 0 Å². The van der Waals surface area contributed by atoms with Gasteiger partial charge in [0.25, 0.3) is 5.91 Å². The van der Waals surface area contributed by atoms with E-state index in [9.17, 15) is 9.59 Å². The van der Waals surface area contributed by atoms with Crippen LogP contribution in [0, 0.1) is 0 Å². The number of carbonyl (C=O) groups is 2. The first-order valence-corrected chi connectivity index (χ1v) is 10.7. The zero-order chi connectivity index (χ0) is 21.0. The fourth-order valence-electron chi connectivity index (χ4n) is 5.14. The van der Waals surface area contributed by atoms with Crippen molar-refractivity contribution < 1.29 is 14.3 Å². The van der Waals surface area contributed by atoms with Gasteiger partial charge in [0.15, 0.2) is 0 Å². The molecule has 1 aromatic carbocycles. The van der Waals surface area contributed by atoms with Gasteiger partial charge in [-0.25, -0.2) is 0 Å². The highest BCUT2D eigenvalue weighted by atomic mass is 16.5. The molecule has 1 aliphatic carbocycles. The molecule has 0 radical (unpaired) electrons. The Balaban J connectivity index is 1.72. The van der Waals surface area contributed by atoms with E-state index in [1.165, 1.54) is 0 Å². The lowest BCUT2D eigenvalue weighted by atomic mass is 9.65. The first-order valence-electron chi connectivity index (χ1n) is 10.7. The number of amides is 2. The summed E-state index contributed by atoms with van der Waals surface area (Å²) in [7, 11) is 1.65. The summed E-state index contributed by atoms with van der Waals surface area (Å²) in [5, 5.41) is 3.14. The van der Waals surface area contributed by atoms with Crippen LogP contribution < -0.4 is 5.32 Å². The molecule has 2 aliphatic rings. The lowest BCUT2D eigenvalue weighted by Gasteiger charge is -2.53. The van der Waals surface area contributed by atoms with E-state index in [4.69, 9.17) is 4.74 Å². The topological polar surface area (TPSA) is 71.5 Å². The van der Waals surface area contributed by atoms with Crippen molar-refractivity contribution in [2.75, 3.05) is 20.3 Å². The van der Waals surface area contributed by atoms with Crippen LogP contribution in [0.1, 0.15) is 59.5 Å². The molecule has 1 N–H and O–H groups in total. The molecule has 6 nitrogen and oxygen atoms in total. The lowest BCUT2D eigenvalue weighted by molar-refractivity contribution is -0.127. The number of pyridine rings is 1. The molecule has 2 amide bonds. The van der Waals surface area contributed by atoms with E-state index in [1.54, 1.807) is 19.5 Å². The lowest BCUT2D eigenvalue weighted by Crippen LogP contribution is -2.63. The van der Waals surface area contributed by atoms with Crippen LogP contribution in [0.5, 0.6) is 0 Å². The minimum atomic E-state index is -0.495. The average Bonchev–Trinajstić information content (AvgIpc) is 2.79. The number of methoxy groups -OCH3 is 1. The molecule has 1 fully saturated rings. The fraction of sp³-hybridized carbons (Fsp3) is 0.458. The summed E-state index contributed by atoms with van der Waals surface area (Å²) < 4.78 is 5.32. The quantitative estimate of drug-likeness (QED) is 0.798. The van der Waals surface area contributed by atoms with Crippen molar-refractivity contribution in [3.63, 3.8) is 0 Å². The number of hydrogen-bond donors (Lipinski definition) is 1. The molecule has 1 spiro atoms. The van der Waals surface area contributed by atoms with Crippen molar-refractivity contribution in [2.24, 2.45) is 0 Å². The second-order valence-corrected chi connectivity index (χ2v) is 8.21. The van der Waals surface area contributed by atoms with Crippen LogP contribution in [-0.4, -0.2) is 47.5 Å². The number of carbonyl (C=O) groups excluding carboxylic acids is 2. The molecule has 30 heavy (non-hydrogen) atoms. The highest BCUT2D eigenvalue weighted by molar-refractivity contribution is 6.02. The van der Waals surface area contributed by atoms with Gasteiger partial charge in [-0.2, -0.15) is 0 Å². The normalized spacial score (nSPS) is 20.1. The standard InChI is InChI=1S/C24H29N3O3/c1-30-16-15-27-23(29)20-8-4-3-7-19(20)21(24(27)11-5-2-6-12-24)22(28)26-17-18-9-13-25-14-10-18/h3-4,7-10,13-14,21H,2,5-6,11-12,15-17H2,1H3,(H,26,28)/t21-/m1/s1. The SMILES string of the molecule is COCCN1C(=O)c2ccccc2[C@H](C(=O)NCc2ccncc2)C12CCCCC2. The average molecular weight is 408 g/mol. The number of nitrogens with one attached hydrogen (secondary N) is 1. The maximum Gasteiger partial charge on any atom is 0.254 e. The summed E-state index contributed by atoms with van der Waals surface area (Å²) in [6.45, 7) is 1.40. The van der Waals surface area contributed by atoms with E-state index < -0.39 is 5.54 Å². The summed E-state index contributed by atoms with van der Waals surface area (Å²) in [5.41, 5.74) is 2.00. The van der Waals surface area contributed by atoms with Crippen molar-refractivity contribution in [2.45, 2.75) is 50.1 Å². The van der Waals surface area contributed by atoms with E-state index in [2.05, 4.69) is 10.3 Å². The molecule has 1 aliphatic heterocycles. The van der Waals surface area contributed by atoms with Gasteiger partial charge in [-0.15, -0.1) is 0 Å². The predicted molar refractivity (Wildman–Crippen MR) is 114 cm³/mol. The summed E-state index contributed by atoms with van der Waals surface area (Å²) >= 11 is 0. The molecule has 1 aromatic heterocycles. The molecule has 1 atom stereocenters. The van der Waals surface area contributed by atoms with Gasteiger partial charge in [-0.05, 0) is 42.2 Å². The third-order valence-electron chi connectivity index (χ3n) is 6.54. The van der Waals surface area contributed by atoms with Gasteiger partial charge in [0, 0.05) is 38.2 Å². The van der Waals surface area contributed by atoms with Crippen LogP contribution in [-0.2, 0) is 16.1 Å². The number of nitrogens with zero attached hydrogens (tertiary/aromatic N) is 2. The van der Waals surface area contributed by atoms with Crippen LogP contribution in [0.25, 0.3) is 0 Å². The molecule has 0 unspecified atom stereocenters. The van der Waals surface area contributed by atoms with Gasteiger partial charge in [0.1, 0.15) is 0 Å². The number of rotatable bonds is 6. The molecular weight excluding hydrogens is 378 g/mol. The number of hydrogen-bond acceptors (Lipinski definition) is 4. The van der Waals surface area contributed by atoms with E-state index >= 15 is 0 Å². The molecule has 0 bridgehead atoms. The zero-order valence-electron chi connectivity index (χ0n) is 17.5. The van der Waals surface area contributed by atoms with Gasteiger partial charge < -0.3 is 15.0 Å². The van der Waals surface area contributed by atoms with Crippen molar-refractivity contribution in [1.82, 2.24) is 15.2 Å². The molecule has 4 rings (SSSR count). The van der Waals surface area contributed by atoms with Gasteiger partial charge in [0.05, 0.1) is 18.1 Å². The molecule has 6 heteroatoms. The molecule has 0 saturated heterocycles. The highest BCUT2D eigenvalue weighted by Crippen LogP contribution is 2.49. The van der Waals surface area contributed by atoms with Crippen LogP contribution in [0.3, 0.4) is 0 Å². The van der Waals surface area contributed by atoms with Crippen LogP contribution >= 0.6 is 0 Å². The van der Waals surface area contributed by atoms with E-state index in [0.717, 1.165) is 43.2 Å². The van der Waals surface area contributed by atoms with Gasteiger partial charge in [-0.3, -0.25) is 14.6 Å². The third kappa shape index (κ3) is 3.72. The second kappa shape index (κ2) is 8.96. The number of fused-ring (bicyclic) bond motifs is 1. The van der Waals surface area contributed by atoms with Crippen LogP contribution in [0.4, 0.5) is 0 Å². The molecular formula is C24H29N3O3. The Hall–Kier alpha value is -2.73. The minimum Gasteiger partial charge on any atom is -0.383 e. The molecule has 2 aromatic rings. The highest BCUT2D eigenvalue weighted by Gasteiger charge is 2.54. The fourth-order valence-corrected chi connectivity index (χ4v) is 5.14. The Kier molecular flexibility index (Phi) is 6.13. The maximum atomic E-state index is 13.6. The van der Waals surface area contributed by atoms with Crippen molar-refractivity contribution in [3.05, 3.63) is 65.5 Å². The maximum absolute atomic E-state index is 13.6. The summed E-state index contributed by atoms with van der Waals surface area (Å²) in [5.74, 6) is -0.385. The number of benzene rings is 1. The van der Waals surface area contributed by atoms with Crippen molar-refractivity contribution in [1.29, 1.82) is 0 Å². The Labute approximate surface area is 177 Å². The first kappa shape index (κ1) is 20.5. The Morgan fingerprint density at radius 3 is 2.63 bits per heavy atom. The largest absolute Gasteiger partial charge is 0.383 e. The Morgan fingerprint density at radius 2 is 1.90 bits per heavy atom. The molecule has 158 valence electrons. The van der Waals surface area contributed by atoms with Crippen molar-refractivity contribution >= 4 is 11.8 Å². The second-order valence-electron chi connectivity index (χ2n) is 8.21. The van der Waals surface area contributed by atoms with Gasteiger partial charge in [0.2, 0.25) is 5.91 Å². The van der Waals surface area contributed by atoms with E-state index in [-0.39, 0.29) is 17.7 Å². The third-order valence-corrected chi connectivity index (χ3v) is 6.54. The summed E-state index contributed by atoms with van der Waals surface area (Å²) in [6, 6.07) is 11.4. The Morgan fingerprint density at radius 1 is 1.17 bits per heavy atom. The molecule has 2 heterocycles. The molecule has 1 saturated carbocycles. The van der Waals surface area contributed by atoms with Gasteiger partial charge >= 0.3 is 0 Å². The zero-order valence-corrected chi connectivity index (χ0v) is 17.5. The van der Waals surface area contributed by atoms with Crippen molar-refractivity contribution in [3.8, 4) is 0 Å². The van der Waals surface area contributed by atoms with Gasteiger partial charge in [-0.1, -0.05) is 37.5 Å². The Bertz CT molecular complexity index is 894. The van der Waals surface area contributed by atoms with E-state index in [0.29, 0.717) is 25.3 Å². The van der Waals surface area contributed by atoms with E-state index in [1.807, 2.05) is 41.3 Å². The van der Waals surface area contributed by atoms with Crippen LogP contribution in [0.15, 0.2) is 48.8 Å².